The summed E-state index contributed by atoms with van der Waals surface area (Å²) >= 11 is 6.18. The minimum absolute atomic E-state index is 0.00347. The number of hydrogen-bond acceptors (Lipinski definition) is 5. The second-order valence-corrected chi connectivity index (χ2v) is 12.9. The molecule has 4 atom stereocenters. The summed E-state index contributed by atoms with van der Waals surface area (Å²) in [5.41, 5.74) is 2.71. The van der Waals surface area contributed by atoms with E-state index < -0.39 is 11.9 Å². The summed E-state index contributed by atoms with van der Waals surface area (Å²) in [6.45, 7) is 10.9. The average Bonchev–Trinajstić information content (AvgIpc) is 3.03. The lowest BCUT2D eigenvalue weighted by atomic mass is 9.80. The third-order valence-electron chi connectivity index (χ3n) is 8.48. The van der Waals surface area contributed by atoms with Crippen LogP contribution in [0.15, 0.2) is 48.5 Å². The first-order chi connectivity index (χ1) is 21.2. The van der Waals surface area contributed by atoms with Crippen molar-refractivity contribution >= 4 is 29.3 Å². The largest absolute Gasteiger partial charge is 0.351 e. The first-order valence-corrected chi connectivity index (χ1v) is 16.7. The van der Waals surface area contributed by atoms with Crippen LogP contribution in [0.4, 0.5) is 0 Å². The van der Waals surface area contributed by atoms with Gasteiger partial charge in [-0.25, -0.2) is 0 Å². The average molecular weight is 626 g/mol. The zero-order chi connectivity index (χ0) is 31.9. The molecule has 242 valence electrons. The van der Waals surface area contributed by atoms with Gasteiger partial charge in [-0.05, 0) is 80.5 Å². The Morgan fingerprint density at radius 2 is 1.70 bits per heavy atom. The van der Waals surface area contributed by atoms with Crippen LogP contribution >= 0.6 is 11.6 Å². The van der Waals surface area contributed by atoms with Crippen molar-refractivity contribution in [2.75, 3.05) is 19.6 Å². The van der Waals surface area contributed by atoms with Crippen molar-refractivity contribution < 1.29 is 14.4 Å². The van der Waals surface area contributed by atoms with Gasteiger partial charge in [-0.15, -0.1) is 0 Å². The van der Waals surface area contributed by atoms with Gasteiger partial charge in [0.1, 0.15) is 6.04 Å². The van der Waals surface area contributed by atoms with Gasteiger partial charge in [0.25, 0.3) is 5.91 Å². The minimum atomic E-state index is -0.778. The molecule has 3 amide bonds. The predicted molar refractivity (Wildman–Crippen MR) is 179 cm³/mol. The topological polar surface area (TPSA) is 111 Å². The van der Waals surface area contributed by atoms with Gasteiger partial charge in [-0.1, -0.05) is 75.9 Å². The molecule has 1 aliphatic carbocycles. The molecule has 0 spiro atoms. The van der Waals surface area contributed by atoms with Gasteiger partial charge in [0.05, 0.1) is 6.54 Å². The monoisotopic (exact) mass is 625 g/mol. The minimum Gasteiger partial charge on any atom is -0.351 e. The molecule has 1 saturated heterocycles. The van der Waals surface area contributed by atoms with Crippen LogP contribution in [0.5, 0.6) is 0 Å². The van der Waals surface area contributed by atoms with E-state index in [4.69, 9.17) is 11.6 Å². The van der Waals surface area contributed by atoms with E-state index in [9.17, 15) is 14.4 Å². The fraction of sp³-hybridized carbons (Fsp3) is 0.571. The molecule has 2 fully saturated rings. The molecule has 1 saturated carbocycles. The molecule has 0 aromatic heterocycles. The van der Waals surface area contributed by atoms with Crippen molar-refractivity contribution in [2.24, 2.45) is 5.92 Å². The van der Waals surface area contributed by atoms with Crippen LogP contribution in [0.1, 0.15) is 100 Å². The summed E-state index contributed by atoms with van der Waals surface area (Å²) in [7, 11) is 0. The van der Waals surface area contributed by atoms with Crippen LogP contribution in [0.2, 0.25) is 5.02 Å². The van der Waals surface area contributed by atoms with Crippen LogP contribution in [0.3, 0.4) is 0 Å². The summed E-state index contributed by atoms with van der Waals surface area (Å²) in [5.74, 6) is 0.103. The van der Waals surface area contributed by atoms with E-state index in [0.29, 0.717) is 16.6 Å². The zero-order valence-electron chi connectivity index (χ0n) is 26.9. The maximum absolute atomic E-state index is 12.7. The second-order valence-electron chi connectivity index (χ2n) is 12.5. The third-order valence-corrected chi connectivity index (χ3v) is 8.71. The molecule has 9 heteroatoms. The number of piperidine rings is 1. The third kappa shape index (κ3) is 12.2. The lowest BCUT2D eigenvalue weighted by Gasteiger charge is -2.32. The van der Waals surface area contributed by atoms with E-state index in [1.165, 1.54) is 19.3 Å². The first kappa shape index (κ1) is 35.5. The standard InChI is InChI=1S/C30H40ClN5O3.C5H12/c1-20(35-30(39)22-13-11-21(12-14-22)17-33-25-8-5-15-32-18-25)29(38)34-19-28(37)36-27-10-3-2-9-26(27)23-6-4-7-24(31)16-23;1-4-5(2)3/h4,6-7,11-14,16,20,25-27,32-33H,2-3,5,8-10,15,17-19H2,1H3,(H,34,38)(H,35,39)(H,36,37);5H,4H2,1-3H3/t20?,25?,26?,27-;/m1./s1. The highest BCUT2D eigenvalue weighted by molar-refractivity contribution is 6.30. The van der Waals surface area contributed by atoms with Crippen LogP contribution in [-0.2, 0) is 16.1 Å². The Morgan fingerprint density at radius 1 is 0.977 bits per heavy atom. The molecule has 4 rings (SSSR count). The summed E-state index contributed by atoms with van der Waals surface area (Å²) < 4.78 is 0. The molecule has 1 heterocycles. The Bertz CT molecular complexity index is 1180. The lowest BCUT2D eigenvalue weighted by Crippen LogP contribution is -2.49. The highest BCUT2D eigenvalue weighted by atomic mass is 35.5. The molecule has 8 nitrogen and oxygen atoms in total. The number of carbonyl (C=O) groups is 3. The van der Waals surface area contributed by atoms with E-state index >= 15 is 0 Å². The molecular weight excluding hydrogens is 574 g/mol. The van der Waals surface area contributed by atoms with Gasteiger partial charge in [-0.3, -0.25) is 14.4 Å². The van der Waals surface area contributed by atoms with E-state index in [-0.39, 0.29) is 30.3 Å². The molecule has 2 aromatic rings. The molecule has 44 heavy (non-hydrogen) atoms. The van der Waals surface area contributed by atoms with Crippen molar-refractivity contribution in [3.05, 3.63) is 70.2 Å². The second kappa shape index (κ2) is 18.8. The molecule has 0 radical (unpaired) electrons. The Hall–Kier alpha value is -2.94. The Labute approximate surface area is 268 Å². The molecular formula is C35H52ClN5O3. The van der Waals surface area contributed by atoms with E-state index in [1.54, 1.807) is 19.1 Å². The Kier molecular flexibility index (Phi) is 15.2. The SMILES string of the molecule is CC(NC(=O)c1ccc(CNC2CCCNC2)cc1)C(=O)NCC(=O)N[C@@H]1CCCCC1c1cccc(Cl)c1.CCC(C)C. The van der Waals surface area contributed by atoms with Gasteiger partial charge in [0.15, 0.2) is 0 Å². The van der Waals surface area contributed by atoms with Gasteiger partial charge in [-0.2, -0.15) is 0 Å². The molecule has 2 aromatic carbocycles. The predicted octanol–water partition coefficient (Wildman–Crippen LogP) is 5.31. The maximum atomic E-state index is 12.7. The van der Waals surface area contributed by atoms with Gasteiger partial charge in [0.2, 0.25) is 11.8 Å². The van der Waals surface area contributed by atoms with Crippen LogP contribution in [0, 0.1) is 5.92 Å². The molecule has 5 N–H and O–H groups in total. The molecule has 3 unspecified atom stereocenters. The normalized spacial score (nSPS) is 20.5. The number of rotatable bonds is 11. The summed E-state index contributed by atoms with van der Waals surface area (Å²) in [4.78, 5) is 37.9. The molecule has 2 aliphatic rings. The summed E-state index contributed by atoms with van der Waals surface area (Å²) in [5, 5.41) is 16.1. The molecule has 0 bridgehead atoms. The van der Waals surface area contributed by atoms with Crippen molar-refractivity contribution in [1.82, 2.24) is 26.6 Å². The number of carbonyl (C=O) groups excluding carboxylic acids is 3. The van der Waals surface area contributed by atoms with Crippen LogP contribution in [-0.4, -0.2) is 55.5 Å². The smallest absolute Gasteiger partial charge is 0.251 e. The van der Waals surface area contributed by atoms with Crippen LogP contribution < -0.4 is 26.6 Å². The summed E-state index contributed by atoms with van der Waals surface area (Å²) in [6, 6.07) is 14.9. The first-order valence-electron chi connectivity index (χ1n) is 16.3. The van der Waals surface area contributed by atoms with Gasteiger partial charge < -0.3 is 26.6 Å². The van der Waals surface area contributed by atoms with E-state index in [0.717, 1.165) is 62.4 Å². The maximum Gasteiger partial charge on any atom is 0.251 e. The fourth-order valence-corrected chi connectivity index (χ4v) is 5.62. The van der Waals surface area contributed by atoms with Gasteiger partial charge in [0, 0.05) is 41.7 Å². The number of nitrogens with one attached hydrogen (secondary N) is 5. The lowest BCUT2D eigenvalue weighted by molar-refractivity contribution is -0.127. The Morgan fingerprint density at radius 3 is 2.36 bits per heavy atom. The quantitative estimate of drug-likeness (QED) is 0.232. The zero-order valence-corrected chi connectivity index (χ0v) is 27.6. The highest BCUT2D eigenvalue weighted by Gasteiger charge is 2.28. The van der Waals surface area contributed by atoms with E-state index in [2.05, 4.69) is 47.4 Å². The van der Waals surface area contributed by atoms with Crippen LogP contribution in [0.25, 0.3) is 0 Å². The number of amides is 3. The molecule has 1 aliphatic heterocycles. The van der Waals surface area contributed by atoms with Crippen molar-refractivity contribution in [1.29, 1.82) is 0 Å². The number of benzene rings is 2. The fourth-order valence-electron chi connectivity index (χ4n) is 5.43. The van der Waals surface area contributed by atoms with Gasteiger partial charge >= 0.3 is 0 Å². The Balaban J connectivity index is 0.000000978. The van der Waals surface area contributed by atoms with Crippen molar-refractivity contribution in [3.63, 3.8) is 0 Å². The highest BCUT2D eigenvalue weighted by Crippen LogP contribution is 2.34. The van der Waals surface area contributed by atoms with Crippen molar-refractivity contribution in [3.8, 4) is 0 Å². The van der Waals surface area contributed by atoms with Crippen molar-refractivity contribution in [2.45, 2.75) is 103 Å². The van der Waals surface area contributed by atoms with E-state index in [1.807, 2.05) is 36.4 Å². The number of hydrogen-bond donors (Lipinski definition) is 5. The summed E-state index contributed by atoms with van der Waals surface area (Å²) in [6.07, 6.45) is 7.67. The number of halogens is 1.